The summed E-state index contributed by atoms with van der Waals surface area (Å²) in [6.07, 6.45) is 3.70. The van der Waals surface area contributed by atoms with Crippen LogP contribution in [0.15, 0.2) is 149 Å². The van der Waals surface area contributed by atoms with E-state index in [1.165, 1.54) is 5.39 Å². The lowest BCUT2D eigenvalue weighted by Crippen LogP contribution is -2.13. The van der Waals surface area contributed by atoms with Gasteiger partial charge in [-0.15, -0.1) is 0 Å². The highest BCUT2D eigenvalue weighted by Gasteiger charge is 2.24. The van der Waals surface area contributed by atoms with Crippen LogP contribution in [0.25, 0.3) is 65.8 Å². The number of aromatic nitrogens is 2. The molecule has 0 fully saturated rings. The maximum absolute atomic E-state index is 6.32. The minimum Gasteiger partial charge on any atom is -0.456 e. The molecule has 5 nitrogen and oxygen atoms in total. The fourth-order valence-corrected chi connectivity index (χ4v) is 6.20. The van der Waals surface area contributed by atoms with Crippen LogP contribution in [-0.4, -0.2) is 9.97 Å². The molecule has 0 N–H and O–H groups in total. The van der Waals surface area contributed by atoms with Crippen molar-refractivity contribution < 1.29 is 8.83 Å². The lowest BCUT2D eigenvalue weighted by atomic mass is 9.97. The molecule has 0 unspecified atom stereocenters. The number of furan rings is 2. The van der Waals surface area contributed by atoms with Crippen molar-refractivity contribution in [2.24, 2.45) is 0 Å². The summed E-state index contributed by atoms with van der Waals surface area (Å²) in [4.78, 5) is 12.1. The Kier molecular flexibility index (Phi) is 5.13. The first-order valence-corrected chi connectivity index (χ1v) is 14.2. The minimum absolute atomic E-state index is 0.700. The number of rotatable bonds is 4. The van der Waals surface area contributed by atoms with E-state index in [4.69, 9.17) is 18.8 Å². The number of fused-ring (bicyclic) bond motifs is 7. The van der Waals surface area contributed by atoms with Crippen LogP contribution in [-0.2, 0) is 0 Å². The normalized spacial score (nSPS) is 11.7. The third-order valence-electron chi connectivity index (χ3n) is 8.15. The molecule has 43 heavy (non-hydrogen) atoms. The van der Waals surface area contributed by atoms with Gasteiger partial charge in [-0.2, -0.15) is 0 Å². The highest BCUT2D eigenvalue weighted by atomic mass is 16.3. The maximum Gasteiger partial charge on any atom is 0.150 e. The molecule has 0 saturated heterocycles. The molecule has 0 aliphatic rings. The van der Waals surface area contributed by atoms with Gasteiger partial charge in [0.25, 0.3) is 0 Å². The number of nitrogens with zero attached hydrogens (tertiary/aromatic N) is 3. The molecule has 0 aliphatic heterocycles. The molecule has 0 spiro atoms. The van der Waals surface area contributed by atoms with Gasteiger partial charge in [-0.05, 0) is 52.2 Å². The topological polar surface area (TPSA) is 55.3 Å². The van der Waals surface area contributed by atoms with Crippen LogP contribution >= 0.6 is 0 Å². The van der Waals surface area contributed by atoms with E-state index in [9.17, 15) is 0 Å². The second kappa shape index (κ2) is 9.29. The molecule has 5 heteroatoms. The van der Waals surface area contributed by atoms with E-state index in [0.717, 1.165) is 71.9 Å². The Morgan fingerprint density at radius 2 is 1.21 bits per heavy atom. The Morgan fingerprint density at radius 3 is 2.07 bits per heavy atom. The van der Waals surface area contributed by atoms with Crippen LogP contribution in [0.4, 0.5) is 17.3 Å². The highest BCUT2D eigenvalue weighted by molar-refractivity contribution is 6.13. The molecule has 9 aromatic rings. The fourth-order valence-electron chi connectivity index (χ4n) is 6.20. The highest BCUT2D eigenvalue weighted by Crippen LogP contribution is 2.44. The lowest BCUT2D eigenvalue weighted by molar-refractivity contribution is 0.668. The molecule has 4 aromatic heterocycles. The van der Waals surface area contributed by atoms with Gasteiger partial charge in [0.1, 0.15) is 28.1 Å². The van der Waals surface area contributed by atoms with E-state index in [1.54, 1.807) is 6.20 Å². The summed E-state index contributed by atoms with van der Waals surface area (Å²) in [6, 6.07) is 43.5. The molecule has 5 aromatic carbocycles. The van der Waals surface area contributed by atoms with Gasteiger partial charge in [-0.25, -0.2) is 9.97 Å². The molecular weight excluding hydrogens is 530 g/mol. The Hall–Kier alpha value is -5.94. The molecule has 0 bridgehead atoms. The predicted molar refractivity (Wildman–Crippen MR) is 174 cm³/mol. The third-order valence-corrected chi connectivity index (χ3v) is 8.15. The summed E-state index contributed by atoms with van der Waals surface area (Å²) in [6.45, 7) is 0. The zero-order valence-corrected chi connectivity index (χ0v) is 22.9. The second-order valence-corrected chi connectivity index (χ2v) is 10.7. The molecule has 0 aliphatic carbocycles. The van der Waals surface area contributed by atoms with E-state index in [2.05, 4.69) is 77.7 Å². The number of para-hydroxylation sites is 2. The summed E-state index contributed by atoms with van der Waals surface area (Å²) >= 11 is 0. The standard InChI is InChI=1S/C38H23N3O2/c1-2-10-24(11-3-1)30-21-26(20-25-12-4-5-13-27(25)30)41(36-22-35-31(23-40-36)28-14-6-8-16-32(28)43-35)38-37-29-15-7-9-17-33(29)42-34(37)18-19-39-38/h1-23H. The van der Waals surface area contributed by atoms with Crippen molar-refractivity contribution in [1.29, 1.82) is 0 Å². The molecule has 0 saturated carbocycles. The molecule has 0 radical (unpaired) electrons. The number of benzene rings is 5. The molecule has 4 heterocycles. The first-order valence-electron chi connectivity index (χ1n) is 14.2. The van der Waals surface area contributed by atoms with Crippen molar-refractivity contribution in [3.63, 3.8) is 0 Å². The Labute approximate surface area is 246 Å². The molecule has 0 atom stereocenters. The van der Waals surface area contributed by atoms with Crippen molar-refractivity contribution in [2.75, 3.05) is 4.90 Å². The van der Waals surface area contributed by atoms with Crippen LogP contribution in [0, 0.1) is 0 Å². The van der Waals surface area contributed by atoms with Gasteiger partial charge in [0, 0.05) is 34.6 Å². The summed E-state index contributed by atoms with van der Waals surface area (Å²) in [5.74, 6) is 1.44. The largest absolute Gasteiger partial charge is 0.456 e. The van der Waals surface area contributed by atoms with Crippen molar-refractivity contribution in [1.82, 2.24) is 9.97 Å². The Bertz CT molecular complexity index is 2480. The summed E-state index contributed by atoms with van der Waals surface area (Å²) in [7, 11) is 0. The van der Waals surface area contributed by atoms with Gasteiger partial charge in [0.2, 0.25) is 0 Å². The summed E-state index contributed by atoms with van der Waals surface area (Å²) in [5, 5.41) is 6.25. The zero-order chi connectivity index (χ0) is 28.3. The SMILES string of the molecule is c1ccc(-c2cc(N(c3cc4oc5ccccc5c4cn3)c3nccc4oc5ccccc5c34)cc3ccccc23)cc1. The average molecular weight is 554 g/mol. The maximum atomic E-state index is 6.32. The number of pyridine rings is 2. The summed E-state index contributed by atoms with van der Waals surface area (Å²) < 4.78 is 12.6. The van der Waals surface area contributed by atoms with E-state index in [1.807, 2.05) is 60.8 Å². The molecule has 0 amide bonds. The van der Waals surface area contributed by atoms with E-state index in [0.29, 0.717) is 5.82 Å². The second-order valence-electron chi connectivity index (χ2n) is 10.7. The van der Waals surface area contributed by atoms with Gasteiger partial charge in [0.15, 0.2) is 5.82 Å². The monoisotopic (exact) mass is 553 g/mol. The Balaban J connectivity index is 1.37. The van der Waals surface area contributed by atoms with Crippen molar-refractivity contribution in [3.05, 3.63) is 140 Å². The number of hydrogen-bond acceptors (Lipinski definition) is 5. The van der Waals surface area contributed by atoms with Crippen LogP contribution < -0.4 is 4.90 Å². The predicted octanol–water partition coefficient (Wildman–Crippen LogP) is 10.6. The number of hydrogen-bond donors (Lipinski definition) is 0. The van der Waals surface area contributed by atoms with Gasteiger partial charge in [0.05, 0.1) is 11.1 Å². The van der Waals surface area contributed by atoms with Crippen LogP contribution in [0.3, 0.4) is 0 Å². The van der Waals surface area contributed by atoms with E-state index >= 15 is 0 Å². The first kappa shape index (κ1) is 23.7. The minimum atomic E-state index is 0.700. The average Bonchev–Trinajstić information content (AvgIpc) is 3.63. The molecular formula is C38H23N3O2. The van der Waals surface area contributed by atoms with Gasteiger partial charge >= 0.3 is 0 Å². The van der Waals surface area contributed by atoms with Gasteiger partial charge in [-0.1, -0.05) is 91.0 Å². The quantitative estimate of drug-likeness (QED) is 0.217. The van der Waals surface area contributed by atoms with Gasteiger partial charge < -0.3 is 8.83 Å². The first-order chi connectivity index (χ1) is 21.3. The third kappa shape index (κ3) is 3.72. The lowest BCUT2D eigenvalue weighted by Gasteiger charge is -2.25. The fraction of sp³-hybridized carbons (Fsp3) is 0. The zero-order valence-electron chi connectivity index (χ0n) is 22.9. The molecule has 9 rings (SSSR count). The number of anilines is 3. The van der Waals surface area contributed by atoms with Crippen molar-refractivity contribution >= 4 is 72.0 Å². The van der Waals surface area contributed by atoms with Crippen LogP contribution in [0.1, 0.15) is 0 Å². The molecule has 202 valence electrons. The van der Waals surface area contributed by atoms with E-state index in [-0.39, 0.29) is 0 Å². The van der Waals surface area contributed by atoms with Crippen molar-refractivity contribution in [3.8, 4) is 11.1 Å². The van der Waals surface area contributed by atoms with Crippen LogP contribution in [0.2, 0.25) is 0 Å². The van der Waals surface area contributed by atoms with Gasteiger partial charge in [-0.3, -0.25) is 4.90 Å². The van der Waals surface area contributed by atoms with E-state index < -0.39 is 0 Å². The summed E-state index contributed by atoms with van der Waals surface area (Å²) in [5.41, 5.74) is 6.39. The Morgan fingerprint density at radius 1 is 0.512 bits per heavy atom. The smallest absolute Gasteiger partial charge is 0.150 e. The van der Waals surface area contributed by atoms with Crippen LogP contribution in [0.5, 0.6) is 0 Å². The van der Waals surface area contributed by atoms with Crippen molar-refractivity contribution in [2.45, 2.75) is 0 Å².